The largest absolute Gasteiger partial charge is 0.454 e. The smallest absolute Gasteiger partial charge is 0.254 e. The molecule has 5 rings (SSSR count). The van der Waals surface area contributed by atoms with E-state index in [1.54, 1.807) is 35.2 Å². The Morgan fingerprint density at radius 2 is 1.76 bits per heavy atom. The van der Waals surface area contributed by atoms with Gasteiger partial charge in [0, 0.05) is 30.6 Å². The van der Waals surface area contributed by atoms with E-state index in [9.17, 15) is 14.0 Å². The second-order valence-corrected chi connectivity index (χ2v) is 7.83. The van der Waals surface area contributed by atoms with E-state index in [1.807, 2.05) is 0 Å². The van der Waals surface area contributed by atoms with Crippen molar-refractivity contribution in [1.82, 2.24) is 10.2 Å². The van der Waals surface area contributed by atoms with Crippen LogP contribution in [0.15, 0.2) is 42.5 Å². The zero-order valence-electron chi connectivity index (χ0n) is 15.8. The first kappa shape index (κ1) is 18.0. The van der Waals surface area contributed by atoms with Gasteiger partial charge >= 0.3 is 0 Å². The average molecular weight is 396 g/mol. The first-order valence-electron chi connectivity index (χ1n) is 9.83. The normalized spacial score (nSPS) is 22.6. The Morgan fingerprint density at radius 3 is 2.52 bits per heavy atom. The van der Waals surface area contributed by atoms with E-state index in [2.05, 4.69) is 5.32 Å². The molecule has 3 aliphatic rings. The molecule has 2 heterocycles. The highest BCUT2D eigenvalue weighted by Gasteiger charge is 2.42. The number of halogens is 1. The van der Waals surface area contributed by atoms with Crippen LogP contribution in [-0.4, -0.2) is 42.6 Å². The van der Waals surface area contributed by atoms with Crippen LogP contribution in [0.5, 0.6) is 11.5 Å². The summed E-state index contributed by atoms with van der Waals surface area (Å²) < 4.78 is 24.1. The van der Waals surface area contributed by atoms with E-state index in [-0.39, 0.29) is 42.3 Å². The number of hydrogen-bond donors (Lipinski definition) is 1. The predicted molar refractivity (Wildman–Crippen MR) is 102 cm³/mol. The molecule has 2 aliphatic heterocycles. The minimum absolute atomic E-state index is 0.0391. The monoisotopic (exact) mass is 396 g/mol. The molecule has 2 atom stereocenters. The van der Waals surface area contributed by atoms with Gasteiger partial charge in [-0.15, -0.1) is 0 Å². The van der Waals surface area contributed by atoms with Gasteiger partial charge in [0.2, 0.25) is 12.7 Å². The molecule has 7 heteroatoms. The number of nitrogens with zero attached hydrogens (tertiary/aromatic N) is 1. The highest BCUT2D eigenvalue weighted by molar-refractivity contribution is 5.96. The highest BCUT2D eigenvalue weighted by atomic mass is 19.1. The first-order chi connectivity index (χ1) is 14.1. The summed E-state index contributed by atoms with van der Waals surface area (Å²) in [5.41, 5.74) is 1.36. The Balaban J connectivity index is 1.39. The number of ether oxygens (including phenoxy) is 2. The minimum Gasteiger partial charge on any atom is -0.454 e. The summed E-state index contributed by atoms with van der Waals surface area (Å²) in [6.45, 7) is 0.877. The maximum Gasteiger partial charge on any atom is 0.254 e. The predicted octanol–water partition coefficient (Wildman–Crippen LogP) is 2.69. The van der Waals surface area contributed by atoms with Crippen molar-refractivity contribution in [2.75, 3.05) is 19.9 Å². The van der Waals surface area contributed by atoms with Crippen LogP contribution >= 0.6 is 0 Å². The van der Waals surface area contributed by atoms with Crippen LogP contribution in [0, 0.1) is 11.7 Å². The minimum atomic E-state index is -0.362. The van der Waals surface area contributed by atoms with E-state index in [0.717, 1.165) is 18.4 Å². The van der Waals surface area contributed by atoms with Crippen LogP contribution in [0.3, 0.4) is 0 Å². The van der Waals surface area contributed by atoms with Crippen LogP contribution in [0.1, 0.15) is 34.7 Å². The van der Waals surface area contributed by atoms with E-state index in [1.165, 1.54) is 12.1 Å². The lowest BCUT2D eigenvalue weighted by Gasteiger charge is -2.18. The summed E-state index contributed by atoms with van der Waals surface area (Å²) in [6.07, 6.45) is 2.00. The number of carbonyl (C=O) groups excluding carboxylic acids is 2. The Labute approximate surface area is 167 Å². The van der Waals surface area contributed by atoms with Crippen LogP contribution < -0.4 is 14.8 Å². The second kappa shape index (κ2) is 7.06. The zero-order chi connectivity index (χ0) is 20.0. The molecule has 2 amide bonds. The van der Waals surface area contributed by atoms with Crippen molar-refractivity contribution >= 4 is 11.8 Å². The van der Waals surface area contributed by atoms with Crippen molar-refractivity contribution in [3.05, 3.63) is 59.4 Å². The molecule has 150 valence electrons. The van der Waals surface area contributed by atoms with Crippen molar-refractivity contribution in [3.63, 3.8) is 0 Å². The van der Waals surface area contributed by atoms with Crippen molar-refractivity contribution in [1.29, 1.82) is 0 Å². The third kappa shape index (κ3) is 3.52. The van der Waals surface area contributed by atoms with Gasteiger partial charge in [-0.1, -0.05) is 12.1 Å². The van der Waals surface area contributed by atoms with E-state index in [4.69, 9.17) is 9.47 Å². The number of likely N-dealkylation sites (tertiary alicyclic amines) is 1. The molecule has 1 aliphatic carbocycles. The molecule has 0 spiro atoms. The first-order valence-corrected chi connectivity index (χ1v) is 9.83. The summed E-state index contributed by atoms with van der Waals surface area (Å²) in [5, 5.41) is 3.05. The maximum atomic E-state index is 13.4. The summed E-state index contributed by atoms with van der Waals surface area (Å²) in [6, 6.07) is 11.5. The highest BCUT2D eigenvalue weighted by Crippen LogP contribution is 2.36. The fourth-order valence-electron chi connectivity index (χ4n) is 4.03. The average Bonchev–Trinajstić information content (AvgIpc) is 3.24. The molecule has 2 fully saturated rings. The number of hydrogen-bond acceptors (Lipinski definition) is 4. The van der Waals surface area contributed by atoms with E-state index >= 15 is 0 Å². The molecule has 0 bridgehead atoms. The lowest BCUT2D eigenvalue weighted by atomic mass is 9.88. The standard InChI is InChI=1S/C22H21FN2O4/c23-15-4-1-13(2-5-15)17-10-25(11-18(17)21(26)24-16-6-7-16)22(27)14-3-8-19-20(9-14)29-12-28-19/h1-5,8-9,16-18H,6-7,10-12H2,(H,24,26). The lowest BCUT2D eigenvalue weighted by Crippen LogP contribution is -2.36. The molecule has 29 heavy (non-hydrogen) atoms. The van der Waals surface area contributed by atoms with Crippen molar-refractivity contribution < 1.29 is 23.5 Å². The van der Waals surface area contributed by atoms with Crippen molar-refractivity contribution in [2.45, 2.75) is 24.8 Å². The number of carbonyl (C=O) groups is 2. The summed E-state index contributed by atoms with van der Waals surface area (Å²) in [5.74, 6) is 0.118. The number of amides is 2. The molecule has 0 aromatic heterocycles. The van der Waals surface area contributed by atoms with Crippen LogP contribution in [0.25, 0.3) is 0 Å². The molecular formula is C22H21FN2O4. The van der Waals surface area contributed by atoms with Gasteiger partial charge in [0.15, 0.2) is 11.5 Å². The molecule has 1 saturated carbocycles. The van der Waals surface area contributed by atoms with Gasteiger partial charge < -0.3 is 19.7 Å². The van der Waals surface area contributed by atoms with E-state index < -0.39 is 0 Å². The molecule has 0 radical (unpaired) electrons. The zero-order valence-corrected chi connectivity index (χ0v) is 15.8. The summed E-state index contributed by atoms with van der Waals surface area (Å²) in [7, 11) is 0. The van der Waals surface area contributed by atoms with Gasteiger partial charge in [-0.3, -0.25) is 9.59 Å². The van der Waals surface area contributed by atoms with Gasteiger partial charge in [0.25, 0.3) is 5.91 Å². The summed E-state index contributed by atoms with van der Waals surface area (Å²) >= 11 is 0. The van der Waals surface area contributed by atoms with Gasteiger partial charge in [-0.05, 0) is 48.7 Å². The summed E-state index contributed by atoms with van der Waals surface area (Å²) in [4.78, 5) is 27.7. The number of nitrogens with one attached hydrogen (secondary N) is 1. The lowest BCUT2D eigenvalue weighted by molar-refractivity contribution is -0.125. The van der Waals surface area contributed by atoms with Crippen molar-refractivity contribution in [2.24, 2.45) is 5.92 Å². The quantitative estimate of drug-likeness (QED) is 0.863. The van der Waals surface area contributed by atoms with Gasteiger partial charge in [-0.25, -0.2) is 4.39 Å². The number of rotatable bonds is 4. The number of fused-ring (bicyclic) bond motifs is 1. The van der Waals surface area contributed by atoms with Crippen LogP contribution in [0.2, 0.25) is 0 Å². The fourth-order valence-corrected chi connectivity index (χ4v) is 4.03. The van der Waals surface area contributed by atoms with Gasteiger partial charge in [0.05, 0.1) is 5.92 Å². The molecule has 2 aromatic rings. The van der Waals surface area contributed by atoms with Crippen LogP contribution in [-0.2, 0) is 4.79 Å². The van der Waals surface area contributed by atoms with E-state index in [0.29, 0.717) is 30.2 Å². The Hall–Kier alpha value is -3.09. The second-order valence-electron chi connectivity index (χ2n) is 7.83. The SMILES string of the molecule is O=C(NC1CC1)C1CN(C(=O)c2ccc3c(c2)OCO3)CC1c1ccc(F)cc1. The van der Waals surface area contributed by atoms with Crippen molar-refractivity contribution in [3.8, 4) is 11.5 Å². The third-order valence-electron chi connectivity index (χ3n) is 5.79. The maximum absolute atomic E-state index is 13.4. The fraction of sp³-hybridized carbons (Fsp3) is 0.364. The molecule has 1 N–H and O–H groups in total. The van der Waals surface area contributed by atoms with Crippen LogP contribution in [0.4, 0.5) is 4.39 Å². The Morgan fingerprint density at radius 1 is 1.00 bits per heavy atom. The van der Waals surface area contributed by atoms with Gasteiger partial charge in [-0.2, -0.15) is 0 Å². The Bertz CT molecular complexity index is 958. The van der Waals surface area contributed by atoms with Gasteiger partial charge in [0.1, 0.15) is 5.82 Å². The Kier molecular flexibility index (Phi) is 4.38. The number of benzene rings is 2. The molecule has 2 unspecified atom stereocenters. The molecule has 6 nitrogen and oxygen atoms in total. The molecular weight excluding hydrogens is 375 g/mol. The molecule has 1 saturated heterocycles. The third-order valence-corrected chi connectivity index (χ3v) is 5.79. The molecule has 2 aromatic carbocycles. The topological polar surface area (TPSA) is 67.9 Å².